The molecule has 2 nitrogen and oxygen atoms in total. The van der Waals surface area contributed by atoms with E-state index >= 15 is 0 Å². The minimum Gasteiger partial charge on any atom is -0.458 e. The summed E-state index contributed by atoms with van der Waals surface area (Å²) in [6.07, 6.45) is 0.671. The second-order valence-corrected chi connectivity index (χ2v) is 4.06. The van der Waals surface area contributed by atoms with Crippen molar-refractivity contribution < 1.29 is 9.21 Å². The lowest BCUT2D eigenvalue weighted by atomic mass is 10.1. The number of ketones is 1. The van der Waals surface area contributed by atoms with Crippen molar-refractivity contribution in [3.8, 4) is 0 Å². The first-order chi connectivity index (χ1) is 7.65. The minimum absolute atomic E-state index is 0.0534. The molecule has 0 N–H and O–H groups in total. The van der Waals surface area contributed by atoms with Crippen LogP contribution < -0.4 is 0 Å². The molecule has 16 heavy (non-hydrogen) atoms. The van der Waals surface area contributed by atoms with Crippen molar-refractivity contribution in [2.24, 2.45) is 0 Å². The fourth-order valence-corrected chi connectivity index (χ4v) is 1.59. The lowest BCUT2D eigenvalue weighted by Gasteiger charge is -1.98. The van der Waals surface area contributed by atoms with Gasteiger partial charge in [0.1, 0.15) is 5.76 Å². The second kappa shape index (κ2) is 4.54. The molecule has 82 valence electrons. The maximum absolute atomic E-state index is 11.0. The molecule has 1 heterocycles. The summed E-state index contributed by atoms with van der Waals surface area (Å²) in [6.45, 7) is 1.49. The molecule has 2 rings (SSSR count). The highest BCUT2D eigenvalue weighted by Crippen LogP contribution is 2.16. The molecule has 0 radical (unpaired) electrons. The van der Waals surface area contributed by atoms with Crippen LogP contribution >= 0.6 is 11.6 Å². The quantitative estimate of drug-likeness (QED) is 0.758. The Morgan fingerprint density at radius 3 is 2.44 bits per heavy atom. The van der Waals surface area contributed by atoms with Crippen molar-refractivity contribution in [1.82, 2.24) is 0 Å². The van der Waals surface area contributed by atoms with E-state index in [1.807, 2.05) is 30.3 Å². The summed E-state index contributed by atoms with van der Waals surface area (Å²) in [5.74, 6) is 1.14. The number of furan rings is 1. The van der Waals surface area contributed by atoms with E-state index in [4.69, 9.17) is 16.0 Å². The fourth-order valence-electron chi connectivity index (χ4n) is 1.47. The molecule has 3 heteroatoms. The maximum Gasteiger partial charge on any atom is 0.194 e. The number of hydrogen-bond donors (Lipinski definition) is 0. The monoisotopic (exact) mass is 234 g/mol. The molecule has 0 amide bonds. The molecule has 0 spiro atoms. The molecule has 2 aromatic rings. The van der Waals surface area contributed by atoms with Gasteiger partial charge in [-0.15, -0.1) is 0 Å². The number of benzene rings is 1. The number of rotatable bonds is 3. The Morgan fingerprint density at radius 2 is 1.88 bits per heavy atom. The van der Waals surface area contributed by atoms with Crippen LogP contribution in [-0.4, -0.2) is 5.78 Å². The van der Waals surface area contributed by atoms with E-state index in [1.54, 1.807) is 6.07 Å². The van der Waals surface area contributed by atoms with Gasteiger partial charge in [-0.1, -0.05) is 23.7 Å². The molecule has 0 unspecified atom stereocenters. The zero-order valence-corrected chi connectivity index (χ0v) is 9.62. The first-order valence-corrected chi connectivity index (χ1v) is 5.37. The third-order valence-corrected chi connectivity index (χ3v) is 2.55. The van der Waals surface area contributed by atoms with Crippen LogP contribution in [0.2, 0.25) is 5.02 Å². The summed E-state index contributed by atoms with van der Waals surface area (Å²) in [5, 5.41) is 0.715. The summed E-state index contributed by atoms with van der Waals surface area (Å²) in [5.41, 5.74) is 1.11. The maximum atomic E-state index is 11.0. The highest BCUT2D eigenvalue weighted by atomic mass is 35.5. The van der Waals surface area contributed by atoms with Crippen LogP contribution in [0.15, 0.2) is 40.8 Å². The number of carbonyl (C=O) groups excluding carboxylic acids is 1. The predicted octanol–water partition coefficient (Wildman–Crippen LogP) is 3.73. The van der Waals surface area contributed by atoms with Crippen molar-refractivity contribution in [3.05, 3.63) is 58.5 Å². The van der Waals surface area contributed by atoms with Gasteiger partial charge in [0.2, 0.25) is 0 Å². The van der Waals surface area contributed by atoms with Crippen LogP contribution in [0.1, 0.15) is 28.8 Å². The first kappa shape index (κ1) is 11.0. The minimum atomic E-state index is -0.0534. The normalized spacial score (nSPS) is 10.4. The Kier molecular flexibility index (Phi) is 3.11. The Balaban J connectivity index is 2.14. The van der Waals surface area contributed by atoms with Gasteiger partial charge in [0.05, 0.1) is 0 Å². The summed E-state index contributed by atoms with van der Waals surface area (Å²) in [6, 6.07) is 11.1. The molecular weight excluding hydrogens is 224 g/mol. The van der Waals surface area contributed by atoms with E-state index in [2.05, 4.69) is 0 Å². The van der Waals surface area contributed by atoms with Crippen molar-refractivity contribution in [2.75, 3.05) is 0 Å². The van der Waals surface area contributed by atoms with E-state index < -0.39 is 0 Å². The van der Waals surface area contributed by atoms with Crippen LogP contribution in [0, 0.1) is 0 Å². The van der Waals surface area contributed by atoms with Gasteiger partial charge >= 0.3 is 0 Å². The molecule has 0 saturated carbocycles. The highest BCUT2D eigenvalue weighted by Gasteiger charge is 2.06. The van der Waals surface area contributed by atoms with Crippen LogP contribution in [-0.2, 0) is 6.42 Å². The number of carbonyl (C=O) groups is 1. The molecule has 0 atom stereocenters. The SMILES string of the molecule is CC(=O)c1ccc(Cc2ccc(Cl)cc2)o1. The Labute approximate surface area is 98.8 Å². The van der Waals surface area contributed by atoms with Gasteiger partial charge < -0.3 is 4.42 Å². The molecule has 0 aliphatic rings. The van der Waals surface area contributed by atoms with Crippen LogP contribution in [0.5, 0.6) is 0 Å². The van der Waals surface area contributed by atoms with Gasteiger partial charge in [-0.05, 0) is 29.8 Å². The van der Waals surface area contributed by atoms with Gasteiger partial charge in [0.15, 0.2) is 11.5 Å². The van der Waals surface area contributed by atoms with Gasteiger partial charge in [-0.2, -0.15) is 0 Å². The molecule has 0 aliphatic carbocycles. The van der Waals surface area contributed by atoms with Crippen molar-refractivity contribution >= 4 is 17.4 Å². The smallest absolute Gasteiger partial charge is 0.194 e. The number of Topliss-reactive ketones (excluding diaryl/α,β-unsaturated/α-hetero) is 1. The van der Waals surface area contributed by atoms with Gasteiger partial charge in [-0.25, -0.2) is 0 Å². The Morgan fingerprint density at radius 1 is 1.19 bits per heavy atom. The van der Waals surface area contributed by atoms with E-state index in [1.165, 1.54) is 6.92 Å². The summed E-state index contributed by atoms with van der Waals surface area (Å²) in [4.78, 5) is 11.0. The molecule has 0 saturated heterocycles. The zero-order valence-electron chi connectivity index (χ0n) is 8.87. The van der Waals surface area contributed by atoms with Crippen LogP contribution in [0.3, 0.4) is 0 Å². The molecule has 0 aliphatic heterocycles. The predicted molar refractivity (Wildman–Crippen MR) is 63.0 cm³/mol. The fraction of sp³-hybridized carbons (Fsp3) is 0.154. The van der Waals surface area contributed by atoms with Gasteiger partial charge in [-0.3, -0.25) is 4.79 Å². The van der Waals surface area contributed by atoms with Crippen molar-refractivity contribution in [3.63, 3.8) is 0 Å². The van der Waals surface area contributed by atoms with Crippen LogP contribution in [0.25, 0.3) is 0 Å². The highest BCUT2D eigenvalue weighted by molar-refractivity contribution is 6.30. The van der Waals surface area contributed by atoms with Crippen molar-refractivity contribution in [2.45, 2.75) is 13.3 Å². The molecule has 1 aromatic carbocycles. The van der Waals surface area contributed by atoms with Gasteiger partial charge in [0.25, 0.3) is 0 Å². The summed E-state index contributed by atoms with van der Waals surface area (Å²) < 4.78 is 5.40. The lowest BCUT2D eigenvalue weighted by molar-refractivity contribution is 0.0985. The first-order valence-electron chi connectivity index (χ1n) is 4.99. The molecule has 1 aromatic heterocycles. The van der Waals surface area contributed by atoms with Gasteiger partial charge in [0, 0.05) is 18.4 Å². The van der Waals surface area contributed by atoms with E-state index in [-0.39, 0.29) is 5.78 Å². The topological polar surface area (TPSA) is 30.2 Å². The summed E-state index contributed by atoms with van der Waals surface area (Å²) >= 11 is 5.79. The van der Waals surface area contributed by atoms with E-state index in [0.29, 0.717) is 17.2 Å². The number of halogens is 1. The molecular formula is C13H11ClO2. The average molecular weight is 235 g/mol. The standard InChI is InChI=1S/C13H11ClO2/c1-9(15)13-7-6-12(16-13)8-10-2-4-11(14)5-3-10/h2-7H,8H2,1H3. The second-order valence-electron chi connectivity index (χ2n) is 3.63. The van der Waals surface area contributed by atoms with E-state index in [9.17, 15) is 4.79 Å². The molecule has 0 bridgehead atoms. The third kappa shape index (κ3) is 2.52. The third-order valence-electron chi connectivity index (χ3n) is 2.30. The lowest BCUT2D eigenvalue weighted by Crippen LogP contribution is -1.88. The molecule has 0 fully saturated rings. The summed E-state index contributed by atoms with van der Waals surface area (Å²) in [7, 11) is 0. The average Bonchev–Trinajstić information content (AvgIpc) is 2.70. The van der Waals surface area contributed by atoms with Crippen molar-refractivity contribution in [1.29, 1.82) is 0 Å². The Hall–Kier alpha value is -1.54. The largest absolute Gasteiger partial charge is 0.458 e. The zero-order chi connectivity index (χ0) is 11.5. The van der Waals surface area contributed by atoms with E-state index in [0.717, 1.165) is 11.3 Å². The Bertz CT molecular complexity index is 497. The number of hydrogen-bond acceptors (Lipinski definition) is 2. The van der Waals surface area contributed by atoms with Crippen LogP contribution in [0.4, 0.5) is 0 Å².